The van der Waals surface area contributed by atoms with E-state index >= 15 is 0 Å². The summed E-state index contributed by atoms with van der Waals surface area (Å²) in [5.74, 6) is -2.95. The van der Waals surface area contributed by atoms with Crippen molar-refractivity contribution in [2.75, 3.05) is 34.2 Å². The number of carbonyl (C=O) groups excluding carboxylic acids is 6. The number of rotatable bonds is 9. The minimum Gasteiger partial charge on any atom is -0.359 e. The van der Waals surface area contributed by atoms with Crippen LogP contribution in [0.25, 0.3) is 43.4 Å². The van der Waals surface area contributed by atoms with Crippen LogP contribution in [-0.2, 0) is 9.59 Å². The van der Waals surface area contributed by atoms with Gasteiger partial charge in [-0.3, -0.25) is 28.8 Å². The summed E-state index contributed by atoms with van der Waals surface area (Å²) < 4.78 is 0. The molecule has 0 saturated heterocycles. The van der Waals surface area contributed by atoms with Crippen molar-refractivity contribution in [3.8, 4) is 43.4 Å². The summed E-state index contributed by atoms with van der Waals surface area (Å²) in [6, 6.07) is 1.46. The smallest absolute Gasteiger partial charge is 0.271 e. The SMILES string of the molecule is CNC(=O)CC1NC(=O)c2csc(n2)-c2ccc(-c3nc(C(=O)NC(C)CN(C)C)cs3)nc2-c2csc(n2)-c2csc(n2)C(C(C)C)NC(=O)CNC(=O)c2csc(n2)C(C(C)C)NC(=O)c2nc1sc2C. The monoisotopic (exact) mass is 1100 g/mol. The Labute approximate surface area is 444 Å². The summed E-state index contributed by atoms with van der Waals surface area (Å²) in [5.41, 5.74) is 3.09. The molecule has 382 valence electrons. The quantitative estimate of drug-likeness (QED) is 0.0872. The minimum absolute atomic E-state index is 0.0699. The molecule has 4 atom stereocenters. The molecule has 10 bridgehead atoms. The van der Waals surface area contributed by atoms with E-state index in [4.69, 9.17) is 19.9 Å². The average molecular weight is 1100 g/mol. The Bertz CT molecular complexity index is 3190. The van der Waals surface area contributed by atoms with E-state index in [2.05, 4.69) is 46.9 Å². The number of fused-ring (bicyclic) bond motifs is 14. The Morgan fingerprint density at radius 3 is 1.99 bits per heavy atom. The van der Waals surface area contributed by atoms with Crippen molar-refractivity contribution in [3.63, 3.8) is 0 Å². The molecule has 6 N–H and O–H groups in total. The number of carbonyl (C=O) groups is 6. The topological polar surface area (TPSA) is 268 Å². The normalized spacial score (nSPS) is 17.2. The summed E-state index contributed by atoms with van der Waals surface area (Å²) in [4.78, 5) is 117. The Balaban J connectivity index is 1.18. The van der Waals surface area contributed by atoms with Crippen LogP contribution in [0.2, 0.25) is 0 Å². The van der Waals surface area contributed by atoms with Crippen molar-refractivity contribution in [2.24, 2.45) is 11.8 Å². The maximum absolute atomic E-state index is 14.2. The Morgan fingerprint density at radius 2 is 1.27 bits per heavy atom. The molecule has 0 saturated carbocycles. The lowest BCUT2D eigenvalue weighted by Gasteiger charge is -2.20. The van der Waals surface area contributed by atoms with Crippen molar-refractivity contribution in [1.82, 2.24) is 71.7 Å². The first kappa shape index (κ1) is 53.0. The molecule has 26 heteroatoms. The van der Waals surface area contributed by atoms with Gasteiger partial charge in [0.15, 0.2) is 0 Å². The van der Waals surface area contributed by atoms with Crippen LogP contribution in [-0.4, -0.2) is 116 Å². The molecule has 7 aromatic rings. The molecular formula is C47H52N14O6S6. The molecule has 8 heterocycles. The van der Waals surface area contributed by atoms with Gasteiger partial charge in [0.05, 0.1) is 36.8 Å². The van der Waals surface area contributed by atoms with E-state index in [0.717, 1.165) is 0 Å². The Kier molecular flexibility index (Phi) is 16.6. The lowest BCUT2D eigenvalue weighted by Crippen LogP contribution is -2.40. The van der Waals surface area contributed by atoms with E-state index in [1.54, 1.807) is 29.1 Å². The number of nitrogens with one attached hydrogen (secondary N) is 6. The van der Waals surface area contributed by atoms with Crippen LogP contribution in [0.5, 0.6) is 0 Å². The highest BCUT2D eigenvalue weighted by atomic mass is 32.1. The fraction of sp³-hybridized carbons (Fsp3) is 0.383. The van der Waals surface area contributed by atoms with Gasteiger partial charge in [0.2, 0.25) is 11.8 Å². The molecule has 0 aromatic carbocycles. The third-order valence-corrected chi connectivity index (χ3v) is 16.8. The molecule has 20 nitrogen and oxygen atoms in total. The number of hydrogen-bond donors (Lipinski definition) is 6. The molecule has 0 aliphatic carbocycles. The second kappa shape index (κ2) is 22.9. The van der Waals surface area contributed by atoms with E-state index in [-0.39, 0.29) is 65.4 Å². The zero-order valence-corrected chi connectivity index (χ0v) is 46.0. The van der Waals surface area contributed by atoms with E-state index in [9.17, 15) is 28.8 Å². The summed E-state index contributed by atoms with van der Waals surface area (Å²) in [7, 11) is 5.36. The second-order valence-electron chi connectivity index (χ2n) is 18.0. The molecule has 0 spiro atoms. The van der Waals surface area contributed by atoms with E-state index in [0.29, 0.717) is 69.8 Å². The van der Waals surface area contributed by atoms with Crippen LogP contribution in [0.3, 0.4) is 0 Å². The van der Waals surface area contributed by atoms with Gasteiger partial charge in [0.25, 0.3) is 23.6 Å². The van der Waals surface area contributed by atoms with Crippen molar-refractivity contribution in [2.45, 2.75) is 72.1 Å². The summed E-state index contributed by atoms with van der Waals surface area (Å²) >= 11 is 7.59. The van der Waals surface area contributed by atoms with Gasteiger partial charge in [-0.05, 0) is 51.9 Å². The molecule has 7 aromatic heterocycles. The van der Waals surface area contributed by atoms with Gasteiger partial charge in [-0.25, -0.2) is 34.9 Å². The highest BCUT2D eigenvalue weighted by molar-refractivity contribution is 7.15. The van der Waals surface area contributed by atoms with Gasteiger partial charge in [-0.2, -0.15) is 0 Å². The van der Waals surface area contributed by atoms with Gasteiger partial charge in [0, 0.05) is 57.0 Å². The van der Waals surface area contributed by atoms with Crippen molar-refractivity contribution in [1.29, 1.82) is 0 Å². The summed E-state index contributed by atoms with van der Waals surface area (Å²) in [6.45, 7) is 11.7. The van der Waals surface area contributed by atoms with Crippen LogP contribution in [0, 0.1) is 18.8 Å². The highest BCUT2D eigenvalue weighted by Gasteiger charge is 2.31. The number of aryl methyl sites for hydroxylation is 1. The first-order valence-corrected chi connectivity index (χ1v) is 28.2. The number of amides is 6. The summed E-state index contributed by atoms with van der Waals surface area (Å²) in [5, 5.41) is 28.9. The van der Waals surface area contributed by atoms with Crippen LogP contribution < -0.4 is 31.9 Å². The predicted molar refractivity (Wildman–Crippen MR) is 285 cm³/mol. The van der Waals surface area contributed by atoms with Crippen LogP contribution in [0.1, 0.15) is 121 Å². The van der Waals surface area contributed by atoms with Gasteiger partial charge >= 0.3 is 0 Å². The fourth-order valence-electron chi connectivity index (χ4n) is 7.61. The Morgan fingerprint density at radius 1 is 0.658 bits per heavy atom. The van der Waals surface area contributed by atoms with Crippen molar-refractivity contribution >= 4 is 103 Å². The first-order chi connectivity index (χ1) is 34.8. The number of pyridine rings is 1. The van der Waals surface area contributed by atoms with E-state index in [1.807, 2.05) is 70.4 Å². The maximum Gasteiger partial charge on any atom is 0.271 e. The van der Waals surface area contributed by atoms with E-state index in [1.165, 1.54) is 75.1 Å². The third kappa shape index (κ3) is 12.4. The van der Waals surface area contributed by atoms with Gasteiger partial charge in [-0.1, -0.05) is 27.7 Å². The fourth-order valence-corrected chi connectivity index (χ4v) is 13.1. The number of aromatic nitrogens is 7. The molecular weight excluding hydrogens is 1050 g/mol. The molecule has 1 aliphatic heterocycles. The zero-order valence-electron chi connectivity index (χ0n) is 41.1. The number of hydrogen-bond acceptors (Lipinski definition) is 20. The standard InChI is InChI=1S/C47H52N14O6S6/c1-20(2)34-46-57-31(19-72-46)44-53-27(15-69-44)37-24(10-11-25(51-37)43-55-29(18-70-43)39(65)50-22(5)14-61(8)9)42-54-30(17-68-42)40(66)52-26(12-32(62)48-7)45-60-36(23(6)73-45)41(67)59-35(21(3)4)47-56-28(16-71-47)38(64)49-13-33(63)58-34/h10-11,15-22,26,34-35H,12-14H2,1-9H3,(H,48,62)(H,49,64)(H,50,65)(H,52,66)(H,58,63)(H,59,67). The van der Waals surface area contributed by atoms with Crippen molar-refractivity contribution < 1.29 is 28.8 Å². The predicted octanol–water partition coefficient (Wildman–Crippen LogP) is 6.77. The van der Waals surface area contributed by atoms with Gasteiger partial charge in [-0.15, -0.1) is 68.0 Å². The van der Waals surface area contributed by atoms with Gasteiger partial charge in [0.1, 0.15) is 69.9 Å². The molecule has 6 amide bonds. The highest BCUT2D eigenvalue weighted by Crippen LogP contribution is 2.39. The number of likely N-dealkylation sites (N-methyl/N-ethyl adjacent to an activating group) is 1. The third-order valence-electron chi connectivity index (χ3n) is 11.3. The molecule has 0 fully saturated rings. The lowest BCUT2D eigenvalue weighted by atomic mass is 10.0. The van der Waals surface area contributed by atoms with Crippen molar-refractivity contribution in [3.05, 3.63) is 81.7 Å². The average Bonchev–Trinajstić information content (AvgIpc) is 4.21. The molecule has 1 aliphatic rings. The van der Waals surface area contributed by atoms with Crippen LogP contribution >= 0.6 is 68.0 Å². The molecule has 0 radical (unpaired) electrons. The maximum atomic E-state index is 14.2. The summed E-state index contributed by atoms with van der Waals surface area (Å²) in [6.07, 6.45) is -0.178. The minimum atomic E-state index is -0.935. The number of nitrogens with zero attached hydrogens (tertiary/aromatic N) is 8. The first-order valence-electron chi connectivity index (χ1n) is 23.0. The van der Waals surface area contributed by atoms with Crippen LogP contribution in [0.4, 0.5) is 0 Å². The largest absolute Gasteiger partial charge is 0.359 e. The molecule has 8 rings (SSSR count). The molecule has 4 unspecified atom stereocenters. The molecule has 73 heavy (non-hydrogen) atoms. The van der Waals surface area contributed by atoms with E-state index < -0.39 is 41.8 Å². The lowest BCUT2D eigenvalue weighted by molar-refractivity contribution is -0.122. The number of thiazole rings is 6. The second-order valence-corrected chi connectivity index (χ2v) is 23.6. The van der Waals surface area contributed by atoms with Crippen LogP contribution in [0.15, 0.2) is 39.0 Å². The van der Waals surface area contributed by atoms with Gasteiger partial charge < -0.3 is 36.8 Å². The Hall–Kier alpha value is -6.29. The zero-order chi connectivity index (χ0) is 52.2.